The second kappa shape index (κ2) is 25.9. The number of aliphatic hydroxyl groups is 1. The van der Waals surface area contributed by atoms with Gasteiger partial charge in [0.25, 0.3) is 11.8 Å². The number of halogens is 1. The summed E-state index contributed by atoms with van der Waals surface area (Å²) in [5.41, 5.74) is 10.7. The van der Waals surface area contributed by atoms with Crippen molar-refractivity contribution in [2.75, 3.05) is 35.6 Å². The molecular formula is C56H69FN10O11S2Si. The summed E-state index contributed by atoms with van der Waals surface area (Å²) in [6.45, 7) is 16.4. The van der Waals surface area contributed by atoms with E-state index in [1.165, 1.54) is 70.4 Å². The normalized spacial score (nSPS) is 15.4. The molecule has 4 amide bonds. The lowest BCUT2D eigenvalue weighted by Gasteiger charge is -2.35. The molecule has 4 heterocycles. The van der Waals surface area contributed by atoms with Gasteiger partial charge in [0.05, 0.1) is 39.2 Å². The maximum Gasteiger partial charge on any atom is 0.340 e. The molecule has 6 aromatic rings. The number of carbonyl (C=O) groups excluding carboxylic acids is 5. The molecule has 7 rings (SSSR count). The predicted molar refractivity (Wildman–Crippen MR) is 308 cm³/mol. The number of benzene rings is 3. The molecule has 21 nitrogen and oxygen atoms in total. The molecule has 1 aliphatic heterocycles. The van der Waals surface area contributed by atoms with E-state index in [1.54, 1.807) is 51.4 Å². The molecule has 81 heavy (non-hydrogen) atoms. The largest absolute Gasteiger partial charge is 0.484 e. The number of amides is 4. The molecule has 1 fully saturated rings. The van der Waals surface area contributed by atoms with Crippen LogP contribution in [0.5, 0.6) is 5.75 Å². The second-order valence-corrected chi connectivity index (χ2v) is 30.4. The fourth-order valence-corrected chi connectivity index (χ4v) is 10.9. The number of carbonyl (C=O) groups is 5. The van der Waals surface area contributed by atoms with E-state index in [0.29, 0.717) is 17.7 Å². The fourth-order valence-electron chi connectivity index (χ4n) is 8.64. The zero-order chi connectivity index (χ0) is 59.0. The number of nitrogens with two attached hydrogens (primary N) is 1. The summed E-state index contributed by atoms with van der Waals surface area (Å²) in [7, 11) is -5.32. The van der Waals surface area contributed by atoms with Crippen molar-refractivity contribution in [2.24, 2.45) is 11.1 Å². The number of aryl methyl sites for hydroxylation is 1. The topological polar surface area (TPSA) is 288 Å². The number of likely N-dealkylation sites (tertiary alicyclic amines) is 1. The summed E-state index contributed by atoms with van der Waals surface area (Å²) in [5.74, 6) is -4.07. The van der Waals surface area contributed by atoms with Gasteiger partial charge < -0.3 is 45.9 Å². The van der Waals surface area contributed by atoms with Gasteiger partial charge in [-0.2, -0.15) is 5.10 Å². The van der Waals surface area contributed by atoms with Crippen LogP contribution in [0.2, 0.25) is 25.7 Å². The zero-order valence-electron chi connectivity index (χ0n) is 46.7. The van der Waals surface area contributed by atoms with E-state index < -0.39 is 89.8 Å². The third-order valence-electron chi connectivity index (χ3n) is 13.2. The van der Waals surface area contributed by atoms with E-state index in [-0.39, 0.29) is 71.9 Å². The number of ether oxygens (including phenoxy) is 3. The lowest BCUT2D eigenvalue weighted by atomic mass is 9.85. The maximum absolute atomic E-state index is 14.2. The van der Waals surface area contributed by atoms with Crippen molar-refractivity contribution in [3.05, 3.63) is 124 Å². The van der Waals surface area contributed by atoms with Gasteiger partial charge >= 0.3 is 5.97 Å². The van der Waals surface area contributed by atoms with Crippen molar-refractivity contribution in [1.82, 2.24) is 35.3 Å². The number of pyridine rings is 1. The number of nitrogens with one attached hydrogen (secondary N) is 4. The van der Waals surface area contributed by atoms with E-state index in [2.05, 4.69) is 50.3 Å². The molecule has 4 atom stereocenters. The summed E-state index contributed by atoms with van der Waals surface area (Å²) in [6, 6.07) is 19.3. The van der Waals surface area contributed by atoms with Crippen LogP contribution in [0.4, 0.5) is 21.7 Å². The van der Waals surface area contributed by atoms with Crippen molar-refractivity contribution in [3.63, 3.8) is 0 Å². The number of primary amides is 1. The summed E-state index contributed by atoms with van der Waals surface area (Å²) >= 11 is 1.54. The van der Waals surface area contributed by atoms with Gasteiger partial charge in [0.1, 0.15) is 59.4 Å². The van der Waals surface area contributed by atoms with Gasteiger partial charge in [-0.25, -0.2) is 32.3 Å². The molecule has 0 saturated carbocycles. The summed E-state index contributed by atoms with van der Waals surface area (Å²) in [6.07, 6.45) is -0.489. The van der Waals surface area contributed by atoms with Crippen molar-refractivity contribution in [1.29, 1.82) is 0 Å². The highest BCUT2D eigenvalue weighted by molar-refractivity contribution is 7.92. The van der Waals surface area contributed by atoms with Gasteiger partial charge in [-0.15, -0.1) is 11.3 Å². The number of aromatic nitrogens is 4. The van der Waals surface area contributed by atoms with Crippen molar-refractivity contribution >= 4 is 76.4 Å². The van der Waals surface area contributed by atoms with Gasteiger partial charge in [0.2, 0.25) is 21.8 Å². The van der Waals surface area contributed by atoms with Gasteiger partial charge in [0, 0.05) is 46.0 Å². The highest BCUT2D eigenvalue weighted by Crippen LogP contribution is 2.38. The molecule has 0 bridgehead atoms. The van der Waals surface area contributed by atoms with Crippen LogP contribution in [0.15, 0.2) is 90.6 Å². The molecule has 1 aliphatic rings. The SMILES string of the molecule is CCS(=O)(=O)Nc1ccc(-c2nn(COCC[Si](C)(C)C)c(Nc3ccc(C(=O)OCC(=O)N[C@H](C(=O)N4C[C@H](O)C[C@H]4C(=O)NCc4ccc(-c5scnc5C)cc4)C(C)(C)C)cn3)c2C(N)=O)cc1O[C@@H](C)c1ccc(F)cc1. The molecule has 1 saturated heterocycles. The van der Waals surface area contributed by atoms with E-state index in [4.69, 9.17) is 25.0 Å². The fraction of sp³-hybridized carbons (Fsp3) is 0.393. The van der Waals surface area contributed by atoms with E-state index >= 15 is 0 Å². The zero-order valence-corrected chi connectivity index (χ0v) is 49.3. The smallest absolute Gasteiger partial charge is 0.340 e. The minimum atomic E-state index is -3.79. The number of esters is 1. The highest BCUT2D eigenvalue weighted by Gasteiger charge is 2.44. The molecule has 3 aromatic heterocycles. The molecule has 3 aromatic carbocycles. The first-order valence-electron chi connectivity index (χ1n) is 26.2. The number of thiazole rings is 1. The number of rotatable bonds is 24. The number of nitrogens with zero attached hydrogens (tertiary/aromatic N) is 5. The Balaban J connectivity index is 1.04. The molecule has 0 unspecified atom stereocenters. The molecule has 0 spiro atoms. The standard InChI is InChI=1S/C56H69FN10O11S2Si/c1-10-80(74,75)65-42-21-17-38(25-44(42)78-34(3)36-15-19-40(57)20-16-36)48-47(51(58)70)52(67(64-48)32-76-23-24-81(7,8)9)62-45-22-18-39(28-59-45)55(73)77-30-46(69)63-50(56(4,5)6)54(72)66-29-41(68)26-43(66)53(71)60-27-35-11-13-37(14-12-35)49-33(2)61-31-79-49/h11-22,25,28,31,34,41,43,50,65,68H,10,23-24,26-27,29-30,32H2,1-9H3,(H2,58,70)(H,59,62)(H,60,71)(H,63,69)/t34-,41+,43-,50+/m0/s1. The van der Waals surface area contributed by atoms with Gasteiger partial charge in [-0.3, -0.25) is 23.9 Å². The maximum atomic E-state index is 14.2. The van der Waals surface area contributed by atoms with Crippen LogP contribution in [0.3, 0.4) is 0 Å². The Morgan fingerprint density at radius 1 is 0.975 bits per heavy atom. The van der Waals surface area contributed by atoms with Crippen molar-refractivity contribution < 1.29 is 56.1 Å². The van der Waals surface area contributed by atoms with Crippen LogP contribution >= 0.6 is 11.3 Å². The molecule has 0 aliphatic carbocycles. The van der Waals surface area contributed by atoms with E-state index in [9.17, 15) is 41.9 Å². The Morgan fingerprint density at radius 2 is 1.68 bits per heavy atom. The third kappa shape index (κ3) is 16.1. The Hall–Kier alpha value is -7.58. The lowest BCUT2D eigenvalue weighted by molar-refractivity contribution is -0.144. The molecule has 7 N–H and O–H groups in total. The molecule has 432 valence electrons. The van der Waals surface area contributed by atoms with E-state index in [0.717, 1.165) is 27.7 Å². The Labute approximate surface area is 475 Å². The quantitative estimate of drug-likeness (QED) is 0.0194. The van der Waals surface area contributed by atoms with Crippen LogP contribution in [0.25, 0.3) is 21.7 Å². The monoisotopic (exact) mass is 1170 g/mol. The first-order valence-corrected chi connectivity index (χ1v) is 32.4. The average molecular weight is 1170 g/mol. The van der Waals surface area contributed by atoms with Crippen molar-refractivity contribution in [2.45, 2.75) is 111 Å². The number of sulfonamides is 1. The van der Waals surface area contributed by atoms with Gasteiger partial charge in [-0.05, 0) is 85.3 Å². The first kappa shape index (κ1) is 61.0. The average Bonchev–Trinajstić information content (AvgIpc) is 4.23. The number of hydrogen-bond donors (Lipinski definition) is 6. The Kier molecular flexibility index (Phi) is 19.5. The summed E-state index contributed by atoms with van der Waals surface area (Å²) < 4.78 is 61.0. The summed E-state index contributed by atoms with van der Waals surface area (Å²) in [5, 5.41) is 24.1. The Bertz CT molecular complexity index is 3350. The Morgan fingerprint density at radius 3 is 2.30 bits per heavy atom. The second-order valence-electron chi connectivity index (χ2n) is 21.9. The number of β-amino-alcohol motifs (C(OH)–C–C–N with tert-alkyl or cyclic N) is 1. The van der Waals surface area contributed by atoms with Crippen LogP contribution in [-0.4, -0.2) is 120 Å². The summed E-state index contributed by atoms with van der Waals surface area (Å²) in [4.78, 5) is 79.1. The number of hydrogen-bond acceptors (Lipinski definition) is 16. The van der Waals surface area contributed by atoms with Gasteiger partial charge in [0.15, 0.2) is 6.61 Å². The van der Waals surface area contributed by atoms with Crippen molar-refractivity contribution in [3.8, 4) is 27.4 Å². The number of anilines is 3. The highest BCUT2D eigenvalue weighted by atomic mass is 32.2. The lowest BCUT2D eigenvalue weighted by Crippen LogP contribution is -2.58. The van der Waals surface area contributed by atoms with Gasteiger partial charge in [-0.1, -0.05) is 82.9 Å². The number of aliphatic hydroxyl groups excluding tert-OH is 1. The van der Waals surface area contributed by atoms with Crippen LogP contribution < -0.4 is 31.1 Å². The minimum Gasteiger partial charge on any atom is -0.484 e. The minimum absolute atomic E-state index is 0.00277. The first-order chi connectivity index (χ1) is 38.2. The molecule has 25 heteroatoms. The molecular weight excluding hydrogens is 1100 g/mol. The van der Waals surface area contributed by atoms with Crippen LogP contribution in [0, 0.1) is 18.2 Å². The van der Waals surface area contributed by atoms with Crippen LogP contribution in [0.1, 0.15) is 84.7 Å². The van der Waals surface area contributed by atoms with Crippen LogP contribution in [-0.2, 0) is 47.2 Å². The van der Waals surface area contributed by atoms with E-state index in [1.807, 2.05) is 31.2 Å². The third-order valence-corrected chi connectivity index (χ3v) is 17.2. The molecule has 0 radical (unpaired) electrons. The predicted octanol–water partition coefficient (Wildman–Crippen LogP) is 7.54.